The average Bonchev–Trinajstić information content (AvgIpc) is 2.84. The van der Waals surface area contributed by atoms with Crippen molar-refractivity contribution in [3.8, 4) is 0 Å². The summed E-state index contributed by atoms with van der Waals surface area (Å²) in [6, 6.07) is 0. The molecule has 0 radical (unpaired) electrons. The monoisotopic (exact) mass is 267 g/mol. The van der Waals surface area contributed by atoms with E-state index in [1.165, 1.54) is 17.5 Å². The van der Waals surface area contributed by atoms with Crippen LogP contribution < -0.4 is 10.2 Å². The number of thiazole rings is 1. The van der Waals surface area contributed by atoms with Gasteiger partial charge in [0.2, 0.25) is 5.95 Å². The van der Waals surface area contributed by atoms with Crippen molar-refractivity contribution in [2.75, 3.05) is 23.8 Å². The number of aromatic nitrogens is 3. The molecule has 0 saturated carbocycles. The number of hydrogen-bond donors (Lipinski definition) is 1. The highest BCUT2D eigenvalue weighted by Crippen LogP contribution is 2.18. The molecule has 0 aliphatic carbocycles. The van der Waals surface area contributed by atoms with E-state index in [9.17, 15) is 4.39 Å². The van der Waals surface area contributed by atoms with Crippen LogP contribution in [0, 0.1) is 5.82 Å². The molecule has 0 atom stereocenters. The third-order valence-corrected chi connectivity index (χ3v) is 2.94. The summed E-state index contributed by atoms with van der Waals surface area (Å²) in [6.45, 7) is 3.15. The van der Waals surface area contributed by atoms with Gasteiger partial charge in [-0.05, 0) is 6.92 Å². The number of hydrogen-bond acceptors (Lipinski definition) is 6. The van der Waals surface area contributed by atoms with Gasteiger partial charge < -0.3 is 10.2 Å². The third kappa shape index (κ3) is 2.92. The van der Waals surface area contributed by atoms with Crippen molar-refractivity contribution < 1.29 is 4.39 Å². The fourth-order valence-corrected chi connectivity index (χ4v) is 2.05. The molecule has 0 aliphatic heterocycles. The minimum absolute atomic E-state index is 0.272. The van der Waals surface area contributed by atoms with Gasteiger partial charge in [-0.25, -0.2) is 14.4 Å². The molecule has 2 heterocycles. The lowest BCUT2D eigenvalue weighted by molar-refractivity contribution is 0.607. The van der Waals surface area contributed by atoms with Crippen LogP contribution in [0.25, 0.3) is 0 Å². The highest BCUT2D eigenvalue weighted by Gasteiger charge is 2.12. The van der Waals surface area contributed by atoms with Crippen LogP contribution in [-0.4, -0.2) is 28.5 Å². The van der Waals surface area contributed by atoms with Crippen LogP contribution in [0.1, 0.15) is 12.6 Å². The lowest BCUT2D eigenvalue weighted by Crippen LogP contribution is -2.20. The SMILES string of the molecule is CCNc1ncc(F)c(N(C)Cc2cscn2)n1. The fourth-order valence-electron chi connectivity index (χ4n) is 1.50. The van der Waals surface area contributed by atoms with Crippen molar-refractivity contribution in [3.05, 3.63) is 28.6 Å². The highest BCUT2D eigenvalue weighted by molar-refractivity contribution is 7.07. The Balaban J connectivity index is 2.17. The van der Waals surface area contributed by atoms with Crippen molar-refractivity contribution in [1.29, 1.82) is 0 Å². The Morgan fingerprint density at radius 2 is 2.28 bits per heavy atom. The largest absolute Gasteiger partial charge is 0.354 e. The molecule has 0 bridgehead atoms. The molecule has 2 aromatic heterocycles. The summed E-state index contributed by atoms with van der Waals surface area (Å²) in [5.41, 5.74) is 2.65. The summed E-state index contributed by atoms with van der Waals surface area (Å²) >= 11 is 1.52. The topological polar surface area (TPSA) is 53.9 Å². The summed E-state index contributed by atoms with van der Waals surface area (Å²) in [6.07, 6.45) is 1.18. The van der Waals surface area contributed by atoms with Crippen molar-refractivity contribution in [2.45, 2.75) is 13.5 Å². The molecule has 0 aromatic carbocycles. The predicted molar refractivity (Wildman–Crippen MR) is 70.4 cm³/mol. The second-order valence-corrected chi connectivity index (χ2v) is 4.45. The zero-order valence-corrected chi connectivity index (χ0v) is 11.0. The van der Waals surface area contributed by atoms with Crippen LogP contribution >= 0.6 is 11.3 Å². The number of nitrogens with zero attached hydrogens (tertiary/aromatic N) is 4. The zero-order chi connectivity index (χ0) is 13.0. The van der Waals surface area contributed by atoms with Gasteiger partial charge in [-0.3, -0.25) is 0 Å². The molecular formula is C11H14FN5S. The minimum atomic E-state index is -0.436. The number of anilines is 2. The molecule has 2 aromatic rings. The third-order valence-electron chi connectivity index (χ3n) is 2.30. The molecule has 0 amide bonds. The molecule has 0 aliphatic rings. The Bertz CT molecular complexity index is 502. The molecule has 0 fully saturated rings. The molecule has 2 rings (SSSR count). The number of rotatable bonds is 5. The van der Waals surface area contributed by atoms with Crippen molar-refractivity contribution >= 4 is 23.1 Å². The highest BCUT2D eigenvalue weighted by atomic mass is 32.1. The Hall–Kier alpha value is -1.76. The molecule has 0 saturated heterocycles. The van der Waals surface area contributed by atoms with Gasteiger partial charge in [0, 0.05) is 19.0 Å². The molecule has 96 valence electrons. The van der Waals surface area contributed by atoms with Gasteiger partial charge >= 0.3 is 0 Å². The zero-order valence-electron chi connectivity index (χ0n) is 10.2. The van der Waals surface area contributed by atoms with Gasteiger partial charge in [0.15, 0.2) is 11.6 Å². The molecule has 7 heteroatoms. The van der Waals surface area contributed by atoms with Crippen molar-refractivity contribution in [2.24, 2.45) is 0 Å². The summed E-state index contributed by atoms with van der Waals surface area (Å²) in [5, 5.41) is 4.89. The van der Waals surface area contributed by atoms with Crippen LogP contribution in [-0.2, 0) is 6.54 Å². The summed E-state index contributed by atoms with van der Waals surface area (Å²) in [5.74, 6) is 0.266. The van der Waals surface area contributed by atoms with Gasteiger partial charge in [0.05, 0.1) is 23.9 Å². The predicted octanol–water partition coefficient (Wildman–Crippen LogP) is 2.14. The smallest absolute Gasteiger partial charge is 0.224 e. The number of halogens is 1. The second kappa shape index (κ2) is 5.72. The first-order valence-corrected chi connectivity index (χ1v) is 6.49. The first-order chi connectivity index (χ1) is 8.70. The molecule has 1 N–H and O–H groups in total. The first-order valence-electron chi connectivity index (χ1n) is 5.55. The van der Waals surface area contributed by atoms with Gasteiger partial charge in [-0.2, -0.15) is 4.98 Å². The van der Waals surface area contributed by atoms with Crippen molar-refractivity contribution in [3.63, 3.8) is 0 Å². The van der Waals surface area contributed by atoms with Crippen molar-refractivity contribution in [1.82, 2.24) is 15.0 Å². The van der Waals surface area contributed by atoms with E-state index in [-0.39, 0.29) is 5.82 Å². The second-order valence-electron chi connectivity index (χ2n) is 3.73. The van der Waals surface area contributed by atoms with E-state index in [2.05, 4.69) is 20.3 Å². The summed E-state index contributed by atoms with van der Waals surface area (Å²) in [4.78, 5) is 13.9. The fraction of sp³-hybridized carbons (Fsp3) is 0.364. The Labute approximate surface area is 109 Å². The van der Waals surface area contributed by atoms with Crippen LogP contribution in [0.4, 0.5) is 16.2 Å². The van der Waals surface area contributed by atoms with E-state index >= 15 is 0 Å². The van der Waals surface area contributed by atoms with Gasteiger partial charge in [-0.1, -0.05) is 0 Å². The Kier molecular flexibility index (Phi) is 4.03. The first kappa shape index (κ1) is 12.7. The maximum Gasteiger partial charge on any atom is 0.224 e. The number of nitrogens with one attached hydrogen (secondary N) is 1. The minimum Gasteiger partial charge on any atom is -0.354 e. The van der Waals surface area contributed by atoms with Crippen LogP contribution in [0.2, 0.25) is 0 Å². The van der Waals surface area contributed by atoms with E-state index in [1.54, 1.807) is 17.5 Å². The van der Waals surface area contributed by atoms with E-state index < -0.39 is 5.82 Å². The van der Waals surface area contributed by atoms with Crippen LogP contribution in [0.5, 0.6) is 0 Å². The normalized spacial score (nSPS) is 10.4. The maximum atomic E-state index is 13.7. The van der Waals surface area contributed by atoms with E-state index in [4.69, 9.17) is 0 Å². The summed E-state index contributed by atoms with van der Waals surface area (Å²) < 4.78 is 13.7. The molecule has 5 nitrogen and oxygen atoms in total. The average molecular weight is 267 g/mol. The Morgan fingerprint density at radius 3 is 2.94 bits per heavy atom. The summed E-state index contributed by atoms with van der Waals surface area (Å²) in [7, 11) is 1.78. The van der Waals surface area contributed by atoms with Crippen LogP contribution in [0.3, 0.4) is 0 Å². The Morgan fingerprint density at radius 1 is 1.44 bits per heavy atom. The lowest BCUT2D eigenvalue weighted by atomic mass is 10.4. The molecular weight excluding hydrogens is 253 g/mol. The lowest BCUT2D eigenvalue weighted by Gasteiger charge is -2.17. The van der Waals surface area contributed by atoms with E-state index in [0.717, 1.165) is 5.69 Å². The molecule has 18 heavy (non-hydrogen) atoms. The van der Waals surface area contributed by atoms with Crippen LogP contribution in [0.15, 0.2) is 17.1 Å². The molecule has 0 unspecified atom stereocenters. The van der Waals surface area contributed by atoms with E-state index in [1.807, 2.05) is 12.3 Å². The van der Waals surface area contributed by atoms with Gasteiger partial charge in [0.25, 0.3) is 0 Å². The maximum absolute atomic E-state index is 13.7. The quantitative estimate of drug-likeness (QED) is 0.899. The standard InChI is InChI=1S/C11H14FN5S/c1-3-13-11-14-4-9(12)10(16-11)17(2)5-8-6-18-7-15-8/h4,6-7H,3,5H2,1-2H3,(H,13,14,16). The molecule has 0 spiro atoms. The van der Waals surface area contributed by atoms with Gasteiger partial charge in [-0.15, -0.1) is 11.3 Å². The van der Waals surface area contributed by atoms with E-state index in [0.29, 0.717) is 19.0 Å². The van der Waals surface area contributed by atoms with Gasteiger partial charge in [0.1, 0.15) is 0 Å².